The van der Waals surface area contributed by atoms with Gasteiger partial charge in [0, 0.05) is 42.2 Å². The molecular formula is C31H31FN2O2. The Morgan fingerprint density at radius 1 is 1.17 bits per heavy atom. The average Bonchev–Trinajstić information content (AvgIpc) is 3.20. The second-order valence-electron chi connectivity index (χ2n) is 9.52. The van der Waals surface area contributed by atoms with E-state index in [9.17, 15) is 4.79 Å². The molecule has 0 bridgehead atoms. The normalized spacial score (nSPS) is 13.2. The molecule has 3 heterocycles. The molecule has 36 heavy (non-hydrogen) atoms. The Hall–Kier alpha value is -3.73. The first-order valence-electron chi connectivity index (χ1n) is 12.6. The van der Waals surface area contributed by atoms with Crippen molar-refractivity contribution in [2.45, 2.75) is 46.5 Å². The van der Waals surface area contributed by atoms with Crippen LogP contribution in [0.3, 0.4) is 0 Å². The molecule has 0 unspecified atom stereocenters. The summed E-state index contributed by atoms with van der Waals surface area (Å²) in [7, 11) is 1.99. The van der Waals surface area contributed by atoms with E-state index in [1.165, 1.54) is 0 Å². The third-order valence-corrected chi connectivity index (χ3v) is 7.24. The van der Waals surface area contributed by atoms with Crippen LogP contribution >= 0.6 is 0 Å². The van der Waals surface area contributed by atoms with Crippen LogP contribution in [-0.2, 0) is 24.7 Å². The fraction of sp³-hybridized carbons (Fsp3) is 0.290. The maximum atomic E-state index is 15.3. The van der Waals surface area contributed by atoms with Crippen LogP contribution in [-0.4, -0.2) is 21.9 Å². The highest BCUT2D eigenvalue weighted by Crippen LogP contribution is 2.42. The Bertz CT molecular complexity index is 1500. The summed E-state index contributed by atoms with van der Waals surface area (Å²) in [6.45, 7) is 6.39. The van der Waals surface area contributed by atoms with Crippen LogP contribution < -0.4 is 4.74 Å². The van der Waals surface area contributed by atoms with Crippen LogP contribution in [0.4, 0.5) is 4.39 Å². The van der Waals surface area contributed by atoms with E-state index in [0.717, 1.165) is 68.6 Å². The lowest BCUT2D eigenvalue weighted by Crippen LogP contribution is -2.13. The third kappa shape index (κ3) is 4.23. The Balaban J connectivity index is 1.77. The Morgan fingerprint density at radius 2 is 1.94 bits per heavy atom. The second-order valence-corrected chi connectivity index (χ2v) is 9.52. The molecule has 0 aliphatic carbocycles. The Kier molecular flexibility index (Phi) is 6.48. The highest BCUT2D eigenvalue weighted by Gasteiger charge is 2.25. The zero-order valence-corrected chi connectivity index (χ0v) is 21.3. The number of carbonyl (C=O) groups excluding carboxylic acids is 1. The van der Waals surface area contributed by atoms with Crippen molar-refractivity contribution in [3.8, 4) is 16.9 Å². The fourth-order valence-corrected chi connectivity index (χ4v) is 5.17. The van der Waals surface area contributed by atoms with E-state index in [2.05, 4.69) is 34.9 Å². The Labute approximate surface area is 211 Å². The van der Waals surface area contributed by atoms with Gasteiger partial charge in [-0.2, -0.15) is 0 Å². The molecule has 0 radical (unpaired) electrons. The molecular weight excluding hydrogens is 451 g/mol. The topological polar surface area (TPSA) is 44.1 Å². The third-order valence-electron chi connectivity index (χ3n) is 7.24. The minimum atomic E-state index is -0.346. The number of pyridine rings is 1. The number of Topliss-reactive ketones (excluding diaryl/α,β-unsaturated/α-hetero) is 1. The zero-order chi connectivity index (χ0) is 25.4. The fourth-order valence-electron chi connectivity index (χ4n) is 5.17. The molecule has 1 aliphatic heterocycles. The van der Waals surface area contributed by atoms with Crippen molar-refractivity contribution in [1.29, 1.82) is 0 Å². The van der Waals surface area contributed by atoms with E-state index >= 15 is 4.39 Å². The maximum absolute atomic E-state index is 15.3. The largest absolute Gasteiger partial charge is 0.490 e. The predicted octanol–water partition coefficient (Wildman–Crippen LogP) is 7.01. The molecule has 2 aromatic carbocycles. The van der Waals surface area contributed by atoms with Crippen molar-refractivity contribution >= 4 is 29.0 Å². The van der Waals surface area contributed by atoms with E-state index in [1.54, 1.807) is 6.07 Å². The highest BCUT2D eigenvalue weighted by molar-refractivity contribution is 6.00. The smallest absolute Gasteiger partial charge is 0.165 e. The van der Waals surface area contributed by atoms with Gasteiger partial charge >= 0.3 is 0 Å². The second kappa shape index (κ2) is 9.73. The van der Waals surface area contributed by atoms with Crippen LogP contribution in [0.15, 0.2) is 42.5 Å². The molecule has 0 atom stereocenters. The van der Waals surface area contributed by atoms with Crippen molar-refractivity contribution in [3.63, 3.8) is 0 Å². The predicted molar refractivity (Wildman–Crippen MR) is 144 cm³/mol. The molecule has 0 saturated heterocycles. The molecule has 2 aromatic heterocycles. The molecule has 5 heteroatoms. The van der Waals surface area contributed by atoms with Crippen molar-refractivity contribution in [3.05, 3.63) is 81.9 Å². The van der Waals surface area contributed by atoms with Crippen LogP contribution in [0.2, 0.25) is 0 Å². The van der Waals surface area contributed by atoms with Gasteiger partial charge in [0.05, 0.1) is 6.61 Å². The minimum Gasteiger partial charge on any atom is -0.490 e. The molecule has 1 aliphatic rings. The lowest BCUT2D eigenvalue weighted by Gasteiger charge is -2.23. The van der Waals surface area contributed by atoms with E-state index < -0.39 is 0 Å². The monoisotopic (exact) mass is 482 g/mol. The number of ether oxygens (including phenoxy) is 1. The van der Waals surface area contributed by atoms with Gasteiger partial charge in [0.1, 0.15) is 11.4 Å². The van der Waals surface area contributed by atoms with Crippen LogP contribution in [0, 0.1) is 19.7 Å². The van der Waals surface area contributed by atoms with Gasteiger partial charge in [-0.05, 0) is 72.7 Å². The summed E-state index contributed by atoms with van der Waals surface area (Å²) in [5.74, 6) is 0.163. The number of halogens is 1. The Morgan fingerprint density at radius 3 is 2.69 bits per heavy atom. The van der Waals surface area contributed by atoms with Gasteiger partial charge in [-0.15, -0.1) is 0 Å². The van der Waals surface area contributed by atoms with E-state index in [4.69, 9.17) is 9.72 Å². The summed E-state index contributed by atoms with van der Waals surface area (Å²) in [4.78, 5) is 17.6. The van der Waals surface area contributed by atoms with Crippen molar-refractivity contribution in [2.24, 2.45) is 7.05 Å². The molecule has 0 fully saturated rings. The van der Waals surface area contributed by atoms with E-state index in [1.807, 2.05) is 46.0 Å². The minimum absolute atomic E-state index is 0.139. The number of ketones is 1. The van der Waals surface area contributed by atoms with Crippen molar-refractivity contribution < 1.29 is 13.9 Å². The van der Waals surface area contributed by atoms with Gasteiger partial charge in [-0.1, -0.05) is 43.3 Å². The average molecular weight is 483 g/mol. The quantitative estimate of drug-likeness (QED) is 0.297. The first-order valence-corrected chi connectivity index (χ1v) is 12.6. The maximum Gasteiger partial charge on any atom is 0.165 e. The first-order chi connectivity index (χ1) is 17.4. The van der Waals surface area contributed by atoms with Crippen LogP contribution in [0.5, 0.6) is 5.75 Å². The molecule has 5 rings (SSSR count). The zero-order valence-electron chi connectivity index (χ0n) is 21.3. The SMILES string of the molecule is CCC(=O)Cc1c(C)nc2c(cc(/C=C/c3ccccc3)n2C)c1-c1cc(F)c2c(c1C)CCCO2. The standard InChI is InChI=1S/C31H31FN2O2/c1-5-23(35)17-26-20(3)33-31-27(16-22(34(31)4)14-13-21-10-7-6-8-11-21)29(26)25-18-28(32)30-24(19(25)2)12-9-15-36-30/h6-8,10-11,13-14,16,18H,5,9,12,15,17H2,1-4H3/b14-13+. The number of rotatable bonds is 6. The summed E-state index contributed by atoms with van der Waals surface area (Å²) in [5.41, 5.74) is 8.23. The van der Waals surface area contributed by atoms with E-state index in [0.29, 0.717) is 18.8 Å². The van der Waals surface area contributed by atoms with Gasteiger partial charge in [0.2, 0.25) is 0 Å². The first kappa shape index (κ1) is 24.0. The lowest BCUT2D eigenvalue weighted by atomic mass is 9.87. The van der Waals surface area contributed by atoms with Gasteiger partial charge in [0.15, 0.2) is 11.6 Å². The number of fused-ring (bicyclic) bond motifs is 2. The van der Waals surface area contributed by atoms with Gasteiger partial charge in [-0.25, -0.2) is 9.37 Å². The number of aromatic nitrogens is 2. The number of hydrogen-bond acceptors (Lipinski definition) is 3. The molecule has 0 saturated carbocycles. The van der Waals surface area contributed by atoms with E-state index in [-0.39, 0.29) is 18.0 Å². The number of hydrogen-bond donors (Lipinski definition) is 0. The summed E-state index contributed by atoms with van der Waals surface area (Å²) >= 11 is 0. The molecule has 184 valence electrons. The van der Waals surface area contributed by atoms with Crippen LogP contribution in [0.25, 0.3) is 34.3 Å². The molecule has 0 N–H and O–H groups in total. The lowest BCUT2D eigenvalue weighted by molar-refractivity contribution is -0.118. The molecule has 0 amide bonds. The summed E-state index contributed by atoms with van der Waals surface area (Å²) in [6.07, 6.45) is 6.51. The van der Waals surface area contributed by atoms with Gasteiger partial charge in [-0.3, -0.25) is 4.79 Å². The summed E-state index contributed by atoms with van der Waals surface area (Å²) in [6, 6.07) is 13.8. The van der Waals surface area contributed by atoms with Crippen LogP contribution in [0.1, 0.15) is 53.4 Å². The summed E-state index contributed by atoms with van der Waals surface area (Å²) in [5, 5.41) is 0.925. The molecule has 4 nitrogen and oxygen atoms in total. The molecule has 4 aromatic rings. The van der Waals surface area contributed by atoms with Crippen molar-refractivity contribution in [2.75, 3.05) is 6.61 Å². The number of benzene rings is 2. The number of nitrogens with zero attached hydrogens (tertiary/aromatic N) is 2. The van der Waals surface area contributed by atoms with Gasteiger partial charge in [0.25, 0.3) is 0 Å². The highest BCUT2D eigenvalue weighted by atomic mass is 19.1. The van der Waals surface area contributed by atoms with Gasteiger partial charge < -0.3 is 9.30 Å². The number of carbonyl (C=O) groups is 1. The summed E-state index contributed by atoms with van der Waals surface area (Å²) < 4.78 is 23.1. The molecule has 0 spiro atoms. The number of aryl methyl sites for hydroxylation is 2. The van der Waals surface area contributed by atoms with Crippen molar-refractivity contribution in [1.82, 2.24) is 9.55 Å².